The Morgan fingerprint density at radius 1 is 0.905 bits per heavy atom. The Balaban J connectivity index is 1.85. The maximum absolute atomic E-state index is 4.67. The fourth-order valence-electron chi connectivity index (χ4n) is 2.50. The summed E-state index contributed by atoms with van der Waals surface area (Å²) >= 11 is 0. The van der Waals surface area contributed by atoms with Gasteiger partial charge in [0.15, 0.2) is 0 Å². The highest BCUT2D eigenvalue weighted by atomic mass is 15.3. The number of hydrogen-bond acceptors (Lipinski definition) is 2. The number of nitrogens with one attached hydrogen (secondary N) is 1. The molecule has 0 atom stereocenters. The predicted molar refractivity (Wildman–Crippen MR) is 86.8 cm³/mol. The summed E-state index contributed by atoms with van der Waals surface area (Å²) in [7, 11) is 0. The number of rotatable bonds is 4. The van der Waals surface area contributed by atoms with E-state index >= 15 is 0 Å². The highest BCUT2D eigenvalue weighted by molar-refractivity contribution is 5.45. The SMILES string of the molecule is Cc1nn(-c2ccccc2)c(C)c1CNc1ccccc1. The average molecular weight is 277 g/mol. The lowest BCUT2D eigenvalue weighted by Crippen LogP contribution is -2.03. The number of anilines is 1. The summed E-state index contributed by atoms with van der Waals surface area (Å²) in [5, 5.41) is 8.12. The van der Waals surface area contributed by atoms with Gasteiger partial charge in [-0.05, 0) is 38.1 Å². The molecule has 1 heterocycles. The molecule has 0 spiro atoms. The van der Waals surface area contributed by atoms with Gasteiger partial charge >= 0.3 is 0 Å². The molecular formula is C18H19N3. The molecule has 3 aromatic rings. The lowest BCUT2D eigenvalue weighted by molar-refractivity contribution is 0.833. The predicted octanol–water partition coefficient (Wildman–Crippen LogP) is 4.10. The normalized spacial score (nSPS) is 10.6. The Morgan fingerprint density at radius 2 is 1.52 bits per heavy atom. The van der Waals surface area contributed by atoms with E-state index in [2.05, 4.69) is 48.5 Å². The second-order valence-electron chi connectivity index (χ2n) is 5.12. The molecule has 0 saturated carbocycles. The zero-order valence-electron chi connectivity index (χ0n) is 12.4. The number of aryl methyl sites for hydroxylation is 1. The average Bonchev–Trinajstić information content (AvgIpc) is 2.82. The second-order valence-corrected chi connectivity index (χ2v) is 5.12. The van der Waals surface area contributed by atoms with Crippen molar-refractivity contribution in [2.75, 3.05) is 5.32 Å². The number of nitrogens with zero attached hydrogens (tertiary/aromatic N) is 2. The summed E-state index contributed by atoms with van der Waals surface area (Å²) in [5.74, 6) is 0. The van der Waals surface area contributed by atoms with Crippen LogP contribution in [0.1, 0.15) is 17.0 Å². The zero-order valence-corrected chi connectivity index (χ0v) is 12.4. The van der Waals surface area contributed by atoms with Gasteiger partial charge in [0.05, 0.1) is 11.4 Å². The van der Waals surface area contributed by atoms with Crippen molar-refractivity contribution in [1.82, 2.24) is 9.78 Å². The lowest BCUT2D eigenvalue weighted by Gasteiger charge is -2.07. The Hall–Kier alpha value is -2.55. The molecule has 21 heavy (non-hydrogen) atoms. The fourth-order valence-corrected chi connectivity index (χ4v) is 2.50. The zero-order chi connectivity index (χ0) is 14.7. The maximum atomic E-state index is 4.67. The second kappa shape index (κ2) is 5.83. The van der Waals surface area contributed by atoms with E-state index in [0.29, 0.717) is 0 Å². The van der Waals surface area contributed by atoms with E-state index in [0.717, 1.165) is 23.6 Å². The number of aromatic nitrogens is 2. The summed E-state index contributed by atoms with van der Waals surface area (Å²) in [4.78, 5) is 0. The first-order valence-corrected chi connectivity index (χ1v) is 7.15. The molecule has 0 saturated heterocycles. The molecule has 0 unspecified atom stereocenters. The van der Waals surface area contributed by atoms with Crippen molar-refractivity contribution < 1.29 is 0 Å². The van der Waals surface area contributed by atoms with Crippen LogP contribution in [0.4, 0.5) is 5.69 Å². The first-order valence-electron chi connectivity index (χ1n) is 7.15. The monoisotopic (exact) mass is 277 g/mol. The van der Waals surface area contributed by atoms with Crippen LogP contribution in [0.3, 0.4) is 0 Å². The van der Waals surface area contributed by atoms with Crippen LogP contribution in [0.2, 0.25) is 0 Å². The minimum absolute atomic E-state index is 0.786. The molecule has 3 heteroatoms. The van der Waals surface area contributed by atoms with Gasteiger partial charge in [0, 0.05) is 23.5 Å². The van der Waals surface area contributed by atoms with E-state index in [1.807, 2.05) is 41.1 Å². The van der Waals surface area contributed by atoms with E-state index in [1.165, 1.54) is 11.3 Å². The van der Waals surface area contributed by atoms with Crippen molar-refractivity contribution in [3.05, 3.63) is 77.6 Å². The van der Waals surface area contributed by atoms with Crippen LogP contribution in [0.5, 0.6) is 0 Å². The molecule has 1 aromatic heterocycles. The third-order valence-electron chi connectivity index (χ3n) is 3.69. The molecule has 0 aliphatic carbocycles. The molecule has 0 aliphatic rings. The smallest absolute Gasteiger partial charge is 0.0650 e. The fraction of sp³-hybridized carbons (Fsp3) is 0.167. The van der Waals surface area contributed by atoms with E-state index in [1.54, 1.807) is 0 Å². The molecular weight excluding hydrogens is 258 g/mol. The maximum Gasteiger partial charge on any atom is 0.0650 e. The summed E-state index contributed by atoms with van der Waals surface area (Å²) in [5.41, 5.74) is 5.73. The first-order chi connectivity index (χ1) is 10.3. The van der Waals surface area contributed by atoms with Gasteiger partial charge in [-0.1, -0.05) is 36.4 Å². The van der Waals surface area contributed by atoms with Crippen LogP contribution in [-0.2, 0) is 6.54 Å². The summed E-state index contributed by atoms with van der Waals surface area (Å²) in [6.45, 7) is 4.97. The summed E-state index contributed by atoms with van der Waals surface area (Å²) in [6.07, 6.45) is 0. The van der Waals surface area contributed by atoms with Crippen LogP contribution < -0.4 is 5.32 Å². The molecule has 0 bridgehead atoms. The Bertz CT molecular complexity index is 715. The van der Waals surface area contributed by atoms with Gasteiger partial charge in [-0.3, -0.25) is 0 Å². The molecule has 3 nitrogen and oxygen atoms in total. The van der Waals surface area contributed by atoms with Crippen LogP contribution in [0, 0.1) is 13.8 Å². The van der Waals surface area contributed by atoms with E-state index in [9.17, 15) is 0 Å². The van der Waals surface area contributed by atoms with Crippen LogP contribution in [0.25, 0.3) is 5.69 Å². The van der Waals surface area contributed by atoms with Crippen LogP contribution in [-0.4, -0.2) is 9.78 Å². The standard InChI is InChI=1S/C18H19N3/c1-14-18(13-19-16-9-5-3-6-10-16)15(2)21(20-14)17-11-7-4-8-12-17/h3-12,19H,13H2,1-2H3. The third kappa shape index (κ3) is 2.82. The molecule has 1 N–H and O–H groups in total. The summed E-state index contributed by atoms with van der Waals surface area (Å²) < 4.78 is 2.01. The highest BCUT2D eigenvalue weighted by Crippen LogP contribution is 2.19. The van der Waals surface area contributed by atoms with E-state index < -0.39 is 0 Å². The van der Waals surface area contributed by atoms with Crippen molar-refractivity contribution in [3.8, 4) is 5.69 Å². The number of hydrogen-bond donors (Lipinski definition) is 1. The third-order valence-corrected chi connectivity index (χ3v) is 3.69. The quantitative estimate of drug-likeness (QED) is 0.778. The Morgan fingerprint density at radius 3 is 2.19 bits per heavy atom. The van der Waals surface area contributed by atoms with Crippen molar-refractivity contribution in [2.45, 2.75) is 20.4 Å². The minimum atomic E-state index is 0.786. The number of para-hydroxylation sites is 2. The van der Waals surface area contributed by atoms with Crippen molar-refractivity contribution >= 4 is 5.69 Å². The molecule has 0 amide bonds. The van der Waals surface area contributed by atoms with Crippen molar-refractivity contribution in [3.63, 3.8) is 0 Å². The van der Waals surface area contributed by atoms with Crippen molar-refractivity contribution in [1.29, 1.82) is 0 Å². The van der Waals surface area contributed by atoms with Gasteiger partial charge in [-0.15, -0.1) is 0 Å². The molecule has 2 aromatic carbocycles. The first kappa shape index (κ1) is 13.4. The van der Waals surface area contributed by atoms with Crippen LogP contribution in [0.15, 0.2) is 60.7 Å². The van der Waals surface area contributed by atoms with Gasteiger partial charge < -0.3 is 5.32 Å². The Labute approximate surface area is 125 Å². The molecule has 106 valence electrons. The van der Waals surface area contributed by atoms with Gasteiger partial charge in [0.1, 0.15) is 0 Å². The van der Waals surface area contributed by atoms with Crippen LogP contribution >= 0.6 is 0 Å². The number of benzene rings is 2. The summed E-state index contributed by atoms with van der Waals surface area (Å²) in [6, 6.07) is 20.5. The van der Waals surface area contributed by atoms with Gasteiger partial charge in [-0.25, -0.2) is 4.68 Å². The topological polar surface area (TPSA) is 29.9 Å². The molecule has 0 fully saturated rings. The van der Waals surface area contributed by atoms with Crippen molar-refractivity contribution in [2.24, 2.45) is 0 Å². The van der Waals surface area contributed by atoms with Gasteiger partial charge in [0.2, 0.25) is 0 Å². The minimum Gasteiger partial charge on any atom is -0.381 e. The molecule has 0 radical (unpaired) electrons. The molecule has 3 rings (SSSR count). The van der Waals surface area contributed by atoms with Gasteiger partial charge in [0.25, 0.3) is 0 Å². The Kier molecular flexibility index (Phi) is 3.73. The van der Waals surface area contributed by atoms with E-state index in [-0.39, 0.29) is 0 Å². The largest absolute Gasteiger partial charge is 0.381 e. The highest BCUT2D eigenvalue weighted by Gasteiger charge is 2.12. The van der Waals surface area contributed by atoms with Gasteiger partial charge in [-0.2, -0.15) is 5.10 Å². The van der Waals surface area contributed by atoms with E-state index in [4.69, 9.17) is 0 Å². The molecule has 0 aliphatic heterocycles. The lowest BCUT2D eigenvalue weighted by atomic mass is 10.2.